The second-order valence-electron chi connectivity index (χ2n) is 4.00. The van der Waals surface area contributed by atoms with Crippen LogP contribution in [-0.4, -0.2) is 15.7 Å². The second-order valence-corrected chi connectivity index (χ2v) is 4.00. The Kier molecular flexibility index (Phi) is 3.64. The van der Waals surface area contributed by atoms with Crippen LogP contribution >= 0.6 is 0 Å². The molecule has 0 bridgehead atoms. The van der Waals surface area contributed by atoms with Gasteiger partial charge >= 0.3 is 0 Å². The number of nitrogen functional groups attached to an aromatic ring is 1. The number of nitrogens with one attached hydrogen (secondary N) is 1. The standard InChI is InChI=1S/C13H10N6O/c14-4-9-1-2-12(3-10(9)5-15)18-13(20)8-19-7-11(16)6-17-19/h1-3,6-7H,8,16H2,(H,18,20). The van der Waals surface area contributed by atoms with E-state index in [0.29, 0.717) is 11.4 Å². The fraction of sp³-hybridized carbons (Fsp3) is 0.0769. The van der Waals surface area contributed by atoms with Crippen LogP contribution in [0.2, 0.25) is 0 Å². The third-order valence-electron chi connectivity index (χ3n) is 2.50. The maximum absolute atomic E-state index is 11.8. The van der Waals surface area contributed by atoms with Crippen molar-refractivity contribution in [1.82, 2.24) is 9.78 Å². The molecule has 1 aromatic heterocycles. The van der Waals surface area contributed by atoms with Crippen LogP contribution in [0, 0.1) is 22.7 Å². The summed E-state index contributed by atoms with van der Waals surface area (Å²) < 4.78 is 1.40. The summed E-state index contributed by atoms with van der Waals surface area (Å²) in [7, 11) is 0. The molecule has 98 valence electrons. The molecule has 0 aliphatic carbocycles. The first-order chi connectivity index (χ1) is 9.62. The minimum Gasteiger partial charge on any atom is -0.396 e. The number of nitriles is 2. The molecule has 2 aromatic rings. The molecule has 0 saturated carbocycles. The van der Waals surface area contributed by atoms with Gasteiger partial charge in [-0.2, -0.15) is 15.6 Å². The Hall–Kier alpha value is -3.32. The third kappa shape index (κ3) is 2.92. The van der Waals surface area contributed by atoms with Crippen LogP contribution in [0.1, 0.15) is 11.1 Å². The quantitative estimate of drug-likeness (QED) is 0.852. The van der Waals surface area contributed by atoms with Crippen molar-refractivity contribution >= 4 is 17.3 Å². The van der Waals surface area contributed by atoms with Gasteiger partial charge in [0.2, 0.25) is 5.91 Å². The van der Waals surface area contributed by atoms with Gasteiger partial charge in [-0.25, -0.2) is 0 Å². The molecule has 0 atom stereocenters. The molecular formula is C13H10N6O. The molecule has 0 aliphatic heterocycles. The number of nitrogens with zero attached hydrogens (tertiary/aromatic N) is 4. The molecule has 3 N–H and O–H groups in total. The number of anilines is 2. The predicted octanol–water partition coefficient (Wildman–Crippen LogP) is 0.847. The molecule has 1 amide bonds. The number of carbonyl (C=O) groups excluding carboxylic acids is 1. The minimum absolute atomic E-state index is 0.0130. The van der Waals surface area contributed by atoms with Crippen molar-refractivity contribution in [1.29, 1.82) is 10.5 Å². The van der Waals surface area contributed by atoms with Crippen LogP contribution in [0.15, 0.2) is 30.6 Å². The lowest BCUT2D eigenvalue weighted by Crippen LogP contribution is -2.19. The lowest BCUT2D eigenvalue weighted by Gasteiger charge is -2.06. The van der Waals surface area contributed by atoms with Crippen LogP contribution in [0.4, 0.5) is 11.4 Å². The van der Waals surface area contributed by atoms with Crippen LogP contribution < -0.4 is 11.1 Å². The average Bonchev–Trinajstić information content (AvgIpc) is 2.83. The van der Waals surface area contributed by atoms with Crippen LogP contribution in [-0.2, 0) is 11.3 Å². The number of hydrogen-bond donors (Lipinski definition) is 2. The summed E-state index contributed by atoms with van der Waals surface area (Å²) >= 11 is 0. The zero-order chi connectivity index (χ0) is 14.5. The number of carbonyl (C=O) groups is 1. The van der Waals surface area contributed by atoms with Gasteiger partial charge in [-0.15, -0.1) is 0 Å². The van der Waals surface area contributed by atoms with Crippen molar-refractivity contribution in [2.24, 2.45) is 0 Å². The second kappa shape index (κ2) is 5.55. The number of aromatic nitrogens is 2. The van der Waals surface area contributed by atoms with E-state index in [2.05, 4.69) is 10.4 Å². The summed E-state index contributed by atoms with van der Waals surface area (Å²) in [6.45, 7) is 0.0130. The molecule has 2 rings (SSSR count). The zero-order valence-corrected chi connectivity index (χ0v) is 10.4. The first-order valence-electron chi connectivity index (χ1n) is 5.64. The van der Waals surface area contributed by atoms with Gasteiger partial charge in [0, 0.05) is 11.9 Å². The first-order valence-corrected chi connectivity index (χ1v) is 5.64. The summed E-state index contributed by atoms with van der Waals surface area (Å²) in [6.07, 6.45) is 2.99. The van der Waals surface area contributed by atoms with Gasteiger partial charge in [0.15, 0.2) is 0 Å². The Morgan fingerprint density at radius 1 is 1.35 bits per heavy atom. The van der Waals surface area contributed by atoms with Gasteiger partial charge in [0.05, 0.1) is 23.0 Å². The summed E-state index contributed by atoms with van der Waals surface area (Å²) in [5.74, 6) is -0.304. The first kappa shape index (κ1) is 13.1. The van der Waals surface area contributed by atoms with Crippen molar-refractivity contribution in [3.8, 4) is 12.1 Å². The number of rotatable bonds is 3. The van der Waals surface area contributed by atoms with E-state index in [-0.39, 0.29) is 23.6 Å². The maximum atomic E-state index is 11.8. The Labute approximate surface area is 114 Å². The highest BCUT2D eigenvalue weighted by atomic mass is 16.2. The van der Waals surface area contributed by atoms with Crippen LogP contribution in [0.3, 0.4) is 0 Å². The van der Waals surface area contributed by atoms with Gasteiger partial charge < -0.3 is 11.1 Å². The lowest BCUT2D eigenvalue weighted by atomic mass is 10.1. The van der Waals surface area contributed by atoms with Crippen molar-refractivity contribution < 1.29 is 4.79 Å². The molecule has 7 heteroatoms. The molecule has 0 spiro atoms. The molecule has 1 heterocycles. The fourth-order valence-corrected chi connectivity index (χ4v) is 1.63. The highest BCUT2D eigenvalue weighted by Gasteiger charge is 2.07. The Balaban J connectivity index is 2.09. The maximum Gasteiger partial charge on any atom is 0.246 e. The molecule has 0 radical (unpaired) electrons. The minimum atomic E-state index is -0.304. The predicted molar refractivity (Wildman–Crippen MR) is 71.1 cm³/mol. The largest absolute Gasteiger partial charge is 0.396 e. The number of amides is 1. The molecule has 0 aliphatic rings. The van der Waals surface area contributed by atoms with Gasteiger partial charge in [-0.3, -0.25) is 9.48 Å². The Morgan fingerprint density at radius 2 is 2.10 bits per heavy atom. The average molecular weight is 266 g/mol. The Bertz CT molecular complexity index is 734. The lowest BCUT2D eigenvalue weighted by molar-refractivity contribution is -0.116. The van der Waals surface area contributed by atoms with Crippen molar-refractivity contribution in [2.75, 3.05) is 11.1 Å². The van der Waals surface area contributed by atoms with E-state index in [1.807, 2.05) is 12.1 Å². The third-order valence-corrected chi connectivity index (χ3v) is 2.50. The SMILES string of the molecule is N#Cc1ccc(NC(=O)Cn2cc(N)cn2)cc1C#N. The number of nitrogens with two attached hydrogens (primary N) is 1. The van der Waals surface area contributed by atoms with Crippen molar-refractivity contribution in [3.63, 3.8) is 0 Å². The molecular weight excluding hydrogens is 256 g/mol. The fourth-order valence-electron chi connectivity index (χ4n) is 1.63. The number of hydrogen-bond acceptors (Lipinski definition) is 5. The zero-order valence-electron chi connectivity index (χ0n) is 10.4. The molecule has 0 fully saturated rings. The van der Waals surface area contributed by atoms with Crippen LogP contribution in [0.25, 0.3) is 0 Å². The summed E-state index contributed by atoms with van der Waals surface area (Å²) in [5.41, 5.74) is 6.90. The molecule has 20 heavy (non-hydrogen) atoms. The van der Waals surface area contributed by atoms with E-state index in [1.165, 1.54) is 23.0 Å². The van der Waals surface area contributed by atoms with Crippen molar-refractivity contribution in [3.05, 3.63) is 41.7 Å². The van der Waals surface area contributed by atoms with Gasteiger partial charge in [0.25, 0.3) is 0 Å². The molecule has 1 aromatic carbocycles. The number of benzene rings is 1. The highest BCUT2D eigenvalue weighted by molar-refractivity contribution is 5.90. The topological polar surface area (TPSA) is 121 Å². The Morgan fingerprint density at radius 3 is 2.70 bits per heavy atom. The van der Waals surface area contributed by atoms with E-state index in [4.69, 9.17) is 16.3 Å². The van der Waals surface area contributed by atoms with E-state index in [9.17, 15) is 4.79 Å². The van der Waals surface area contributed by atoms with Gasteiger partial charge in [-0.05, 0) is 18.2 Å². The van der Waals surface area contributed by atoms with E-state index in [0.717, 1.165) is 0 Å². The summed E-state index contributed by atoms with van der Waals surface area (Å²) in [4.78, 5) is 11.8. The molecule has 0 saturated heterocycles. The molecule has 0 unspecified atom stereocenters. The highest BCUT2D eigenvalue weighted by Crippen LogP contribution is 2.14. The summed E-state index contributed by atoms with van der Waals surface area (Å²) in [5, 5.41) is 24.2. The van der Waals surface area contributed by atoms with E-state index < -0.39 is 0 Å². The van der Waals surface area contributed by atoms with E-state index in [1.54, 1.807) is 12.3 Å². The van der Waals surface area contributed by atoms with E-state index >= 15 is 0 Å². The van der Waals surface area contributed by atoms with Gasteiger partial charge in [0.1, 0.15) is 18.7 Å². The normalized spacial score (nSPS) is 9.50. The van der Waals surface area contributed by atoms with Crippen LogP contribution in [0.5, 0.6) is 0 Å². The van der Waals surface area contributed by atoms with Gasteiger partial charge in [-0.1, -0.05) is 0 Å². The summed E-state index contributed by atoms with van der Waals surface area (Å²) in [6, 6.07) is 8.31. The monoisotopic (exact) mass is 266 g/mol. The smallest absolute Gasteiger partial charge is 0.246 e. The molecule has 7 nitrogen and oxygen atoms in total. The van der Waals surface area contributed by atoms with Crippen molar-refractivity contribution in [2.45, 2.75) is 6.54 Å².